The molecule has 1 rings (SSSR count). The van der Waals surface area contributed by atoms with Crippen molar-refractivity contribution in [2.24, 2.45) is 11.1 Å². The van der Waals surface area contributed by atoms with Crippen LogP contribution in [0, 0.1) is 5.41 Å². The quantitative estimate of drug-likeness (QED) is 0.751. The van der Waals surface area contributed by atoms with Crippen LogP contribution in [0.2, 0.25) is 0 Å². The molecule has 0 radical (unpaired) electrons. The smallest absolute Gasteiger partial charge is 0.314 e. The van der Waals surface area contributed by atoms with Crippen LogP contribution in [0.1, 0.15) is 33.1 Å². The van der Waals surface area contributed by atoms with Crippen molar-refractivity contribution in [1.29, 1.82) is 0 Å². The van der Waals surface area contributed by atoms with Crippen molar-refractivity contribution in [3.05, 3.63) is 0 Å². The van der Waals surface area contributed by atoms with Crippen LogP contribution in [0.4, 0.5) is 4.79 Å². The molecule has 5 heteroatoms. The highest BCUT2D eigenvalue weighted by atomic mass is 16.5. The van der Waals surface area contributed by atoms with E-state index in [1.165, 1.54) is 0 Å². The molecule has 3 N–H and O–H groups in total. The molecule has 1 aliphatic rings. The molecule has 18 heavy (non-hydrogen) atoms. The Morgan fingerprint density at radius 1 is 1.44 bits per heavy atom. The molecule has 1 fully saturated rings. The van der Waals surface area contributed by atoms with Gasteiger partial charge >= 0.3 is 6.03 Å². The molecule has 0 saturated carbocycles. The summed E-state index contributed by atoms with van der Waals surface area (Å²) in [6.45, 7) is 7.82. The molecule has 106 valence electrons. The third kappa shape index (κ3) is 5.23. The molecule has 0 aliphatic carbocycles. The van der Waals surface area contributed by atoms with E-state index in [4.69, 9.17) is 10.5 Å². The molecule has 0 atom stereocenters. The molecule has 0 unspecified atom stereocenters. The van der Waals surface area contributed by atoms with Gasteiger partial charge in [-0.1, -0.05) is 13.8 Å². The maximum absolute atomic E-state index is 11.0. The van der Waals surface area contributed by atoms with Crippen molar-refractivity contribution in [3.63, 3.8) is 0 Å². The van der Waals surface area contributed by atoms with Gasteiger partial charge < -0.3 is 20.7 Å². The number of likely N-dealkylation sites (tertiary alicyclic amines) is 1. The average molecular weight is 257 g/mol. The van der Waals surface area contributed by atoms with E-state index < -0.39 is 0 Å². The van der Waals surface area contributed by atoms with Crippen LogP contribution >= 0.6 is 0 Å². The Balaban J connectivity index is 2.23. The number of nitrogens with two attached hydrogens (primary N) is 1. The fourth-order valence-electron chi connectivity index (χ4n) is 2.19. The highest BCUT2D eigenvalue weighted by Gasteiger charge is 2.23. The van der Waals surface area contributed by atoms with Gasteiger partial charge in [0.25, 0.3) is 0 Å². The summed E-state index contributed by atoms with van der Waals surface area (Å²) in [5.41, 5.74) is 5.51. The normalized spacial score (nSPS) is 18.1. The summed E-state index contributed by atoms with van der Waals surface area (Å²) in [6, 6.07) is 0.205. The van der Waals surface area contributed by atoms with Gasteiger partial charge in [-0.05, 0) is 24.7 Å². The Labute approximate surface area is 110 Å². The van der Waals surface area contributed by atoms with Crippen molar-refractivity contribution in [2.45, 2.75) is 39.2 Å². The molecule has 5 nitrogen and oxygen atoms in total. The fraction of sp³-hybridized carbons (Fsp3) is 0.923. The Morgan fingerprint density at radius 3 is 2.56 bits per heavy atom. The van der Waals surface area contributed by atoms with E-state index >= 15 is 0 Å². The zero-order valence-electron chi connectivity index (χ0n) is 11.9. The Kier molecular flexibility index (Phi) is 5.88. The highest BCUT2D eigenvalue weighted by molar-refractivity contribution is 5.72. The molecule has 0 aromatic carbocycles. The lowest BCUT2D eigenvalue weighted by Crippen LogP contribution is -2.48. The lowest BCUT2D eigenvalue weighted by Gasteiger charge is -2.34. The fourth-order valence-corrected chi connectivity index (χ4v) is 2.19. The maximum Gasteiger partial charge on any atom is 0.314 e. The number of urea groups is 1. The zero-order chi connectivity index (χ0) is 13.6. The zero-order valence-corrected chi connectivity index (χ0v) is 11.9. The van der Waals surface area contributed by atoms with Crippen LogP contribution in [0.5, 0.6) is 0 Å². The number of methoxy groups -OCH3 is 1. The van der Waals surface area contributed by atoms with Gasteiger partial charge in [-0.2, -0.15) is 0 Å². The molecule has 0 spiro atoms. The molecular formula is C13H27N3O2. The molecule has 2 amide bonds. The molecule has 0 aromatic heterocycles. The van der Waals surface area contributed by atoms with Crippen LogP contribution in [-0.2, 0) is 4.74 Å². The number of nitrogens with zero attached hydrogens (tertiary/aromatic N) is 1. The number of carbonyl (C=O) groups excluding carboxylic acids is 1. The van der Waals surface area contributed by atoms with E-state index in [1.807, 2.05) is 0 Å². The second-order valence-corrected chi connectivity index (χ2v) is 5.89. The van der Waals surface area contributed by atoms with E-state index in [1.54, 1.807) is 12.0 Å². The first kappa shape index (κ1) is 15.2. The minimum Gasteiger partial charge on any atom is -0.385 e. The summed E-state index contributed by atoms with van der Waals surface area (Å²) < 4.78 is 5.12. The second kappa shape index (κ2) is 6.95. The molecular weight excluding hydrogens is 230 g/mol. The number of amides is 2. The van der Waals surface area contributed by atoms with Gasteiger partial charge in [-0.15, -0.1) is 0 Å². The van der Waals surface area contributed by atoms with Gasteiger partial charge in [0.2, 0.25) is 0 Å². The number of nitrogens with one attached hydrogen (secondary N) is 1. The summed E-state index contributed by atoms with van der Waals surface area (Å²) in [7, 11) is 1.74. The first-order chi connectivity index (χ1) is 8.44. The lowest BCUT2D eigenvalue weighted by molar-refractivity contribution is 0.143. The molecule has 0 aromatic rings. The topological polar surface area (TPSA) is 67.6 Å². The maximum atomic E-state index is 11.0. The van der Waals surface area contributed by atoms with Crippen LogP contribution in [0.15, 0.2) is 0 Å². The monoisotopic (exact) mass is 257 g/mol. The number of ether oxygens (including phenoxy) is 1. The van der Waals surface area contributed by atoms with Crippen molar-refractivity contribution < 1.29 is 9.53 Å². The average Bonchev–Trinajstić information content (AvgIpc) is 2.35. The third-order valence-corrected chi connectivity index (χ3v) is 3.66. The Bertz CT molecular complexity index is 261. The van der Waals surface area contributed by atoms with Gasteiger partial charge in [0, 0.05) is 39.4 Å². The van der Waals surface area contributed by atoms with Crippen LogP contribution < -0.4 is 11.1 Å². The lowest BCUT2D eigenvalue weighted by atomic mass is 9.89. The summed E-state index contributed by atoms with van der Waals surface area (Å²) in [4.78, 5) is 12.7. The van der Waals surface area contributed by atoms with Crippen molar-refractivity contribution in [2.75, 3.05) is 33.4 Å². The van der Waals surface area contributed by atoms with E-state index in [9.17, 15) is 4.79 Å². The molecule has 1 aliphatic heterocycles. The van der Waals surface area contributed by atoms with Crippen molar-refractivity contribution in [1.82, 2.24) is 10.2 Å². The summed E-state index contributed by atoms with van der Waals surface area (Å²) in [5.74, 6) is 0. The van der Waals surface area contributed by atoms with E-state index in [2.05, 4.69) is 19.2 Å². The van der Waals surface area contributed by atoms with Gasteiger partial charge in [-0.3, -0.25) is 0 Å². The molecule has 0 bridgehead atoms. The first-order valence-corrected chi connectivity index (χ1v) is 6.71. The van der Waals surface area contributed by atoms with E-state index in [0.29, 0.717) is 6.04 Å². The first-order valence-electron chi connectivity index (χ1n) is 6.71. The number of piperidine rings is 1. The molecule has 1 saturated heterocycles. The molecule has 1 heterocycles. The van der Waals surface area contributed by atoms with Crippen molar-refractivity contribution >= 4 is 6.03 Å². The van der Waals surface area contributed by atoms with Crippen LogP contribution in [-0.4, -0.2) is 50.3 Å². The largest absolute Gasteiger partial charge is 0.385 e. The predicted molar refractivity (Wildman–Crippen MR) is 72.5 cm³/mol. The predicted octanol–water partition coefficient (Wildman–Crippen LogP) is 1.18. The summed E-state index contributed by atoms with van der Waals surface area (Å²) >= 11 is 0. The number of primary amides is 1. The van der Waals surface area contributed by atoms with Crippen molar-refractivity contribution in [3.8, 4) is 0 Å². The minimum atomic E-state index is -0.297. The second-order valence-electron chi connectivity index (χ2n) is 5.89. The van der Waals surface area contributed by atoms with E-state index in [0.717, 1.165) is 45.5 Å². The Hall–Kier alpha value is -0.810. The van der Waals surface area contributed by atoms with E-state index in [-0.39, 0.29) is 11.4 Å². The van der Waals surface area contributed by atoms with Gasteiger partial charge in [0.05, 0.1) is 0 Å². The van der Waals surface area contributed by atoms with Gasteiger partial charge in [0.1, 0.15) is 0 Å². The number of hydrogen-bond donors (Lipinski definition) is 2. The van der Waals surface area contributed by atoms with Gasteiger partial charge in [0.15, 0.2) is 0 Å². The highest BCUT2D eigenvalue weighted by Crippen LogP contribution is 2.20. The summed E-state index contributed by atoms with van der Waals surface area (Å²) in [6.07, 6.45) is 3.03. The Morgan fingerprint density at radius 2 is 2.06 bits per heavy atom. The summed E-state index contributed by atoms with van der Waals surface area (Å²) in [5, 5.41) is 3.60. The third-order valence-electron chi connectivity index (χ3n) is 3.66. The number of carbonyl (C=O) groups is 1. The minimum absolute atomic E-state index is 0.247. The van der Waals surface area contributed by atoms with Crippen LogP contribution in [0.3, 0.4) is 0 Å². The van der Waals surface area contributed by atoms with Gasteiger partial charge in [-0.25, -0.2) is 4.79 Å². The number of rotatable bonds is 6. The SMILES string of the molecule is COCCC(C)(C)CNC1CCN(C(N)=O)CC1. The number of hydrogen-bond acceptors (Lipinski definition) is 3. The standard InChI is InChI=1S/C13H27N3O2/c1-13(2,6-9-18-3)10-15-11-4-7-16(8-5-11)12(14)17/h11,15H,4-10H2,1-3H3,(H2,14,17). The van der Waals surface area contributed by atoms with Crippen LogP contribution in [0.25, 0.3) is 0 Å².